The third kappa shape index (κ3) is 2.84. The third-order valence-electron chi connectivity index (χ3n) is 4.35. The van der Waals surface area contributed by atoms with Crippen LogP contribution in [0.2, 0.25) is 0 Å². The lowest BCUT2D eigenvalue weighted by atomic mass is 9.93. The van der Waals surface area contributed by atoms with Gasteiger partial charge in [-0.25, -0.2) is 4.98 Å². The zero-order valence-corrected chi connectivity index (χ0v) is 12.2. The molecule has 1 aromatic heterocycles. The highest BCUT2D eigenvalue weighted by Crippen LogP contribution is 2.36. The molecule has 110 valence electrons. The molecule has 1 fully saturated rings. The van der Waals surface area contributed by atoms with E-state index in [0.717, 1.165) is 48.0 Å². The topological polar surface area (TPSA) is 62.2 Å². The SMILES string of the molecule is Cc1cc2ccccc2nc1NC1(CC(=O)O)CCCC1. The number of hydrogen-bond donors (Lipinski definition) is 2. The molecule has 4 nitrogen and oxygen atoms in total. The van der Waals surface area contributed by atoms with Crippen molar-refractivity contribution in [1.29, 1.82) is 0 Å². The maximum atomic E-state index is 11.2. The van der Waals surface area contributed by atoms with E-state index in [1.54, 1.807) is 0 Å². The van der Waals surface area contributed by atoms with E-state index in [1.807, 2.05) is 31.2 Å². The lowest BCUT2D eigenvalue weighted by Gasteiger charge is -2.30. The molecule has 1 aliphatic carbocycles. The van der Waals surface area contributed by atoms with Gasteiger partial charge in [0.2, 0.25) is 0 Å². The molecule has 1 heterocycles. The first-order valence-corrected chi connectivity index (χ1v) is 7.44. The van der Waals surface area contributed by atoms with Crippen molar-refractivity contribution in [3.63, 3.8) is 0 Å². The number of anilines is 1. The number of nitrogens with zero attached hydrogens (tertiary/aromatic N) is 1. The van der Waals surface area contributed by atoms with Crippen molar-refractivity contribution >= 4 is 22.7 Å². The summed E-state index contributed by atoms with van der Waals surface area (Å²) in [5.41, 5.74) is 1.66. The molecule has 0 spiro atoms. The molecule has 0 bridgehead atoms. The zero-order chi connectivity index (χ0) is 14.9. The van der Waals surface area contributed by atoms with E-state index in [4.69, 9.17) is 0 Å². The minimum atomic E-state index is -0.747. The Labute approximate surface area is 124 Å². The van der Waals surface area contributed by atoms with Gasteiger partial charge in [-0.1, -0.05) is 31.0 Å². The number of carbonyl (C=O) groups is 1. The number of carboxylic acid groups (broad SMARTS) is 1. The summed E-state index contributed by atoms with van der Waals surface area (Å²) in [6, 6.07) is 10.1. The van der Waals surface area contributed by atoms with Crippen molar-refractivity contribution in [3.05, 3.63) is 35.9 Å². The number of rotatable bonds is 4. The van der Waals surface area contributed by atoms with E-state index in [9.17, 15) is 9.90 Å². The van der Waals surface area contributed by atoms with E-state index in [2.05, 4.69) is 16.4 Å². The second-order valence-electron chi connectivity index (χ2n) is 6.03. The Kier molecular flexibility index (Phi) is 3.53. The number of aryl methyl sites for hydroxylation is 1. The summed E-state index contributed by atoms with van der Waals surface area (Å²) in [5, 5.41) is 13.8. The molecule has 1 aromatic carbocycles. The number of pyridine rings is 1. The fourth-order valence-corrected chi connectivity index (χ4v) is 3.29. The summed E-state index contributed by atoms with van der Waals surface area (Å²) in [6.07, 6.45) is 4.10. The summed E-state index contributed by atoms with van der Waals surface area (Å²) in [7, 11) is 0. The van der Waals surface area contributed by atoms with Gasteiger partial charge in [0.05, 0.1) is 11.9 Å². The molecule has 1 saturated carbocycles. The summed E-state index contributed by atoms with van der Waals surface area (Å²) >= 11 is 0. The number of nitrogens with one attached hydrogen (secondary N) is 1. The first-order valence-electron chi connectivity index (χ1n) is 7.44. The first-order chi connectivity index (χ1) is 10.1. The van der Waals surface area contributed by atoms with Crippen LogP contribution in [0.15, 0.2) is 30.3 Å². The molecule has 0 aliphatic heterocycles. The lowest BCUT2D eigenvalue weighted by Crippen LogP contribution is -2.38. The number of fused-ring (bicyclic) bond motifs is 1. The van der Waals surface area contributed by atoms with Gasteiger partial charge < -0.3 is 10.4 Å². The Bertz CT molecular complexity index is 676. The average Bonchev–Trinajstić information content (AvgIpc) is 2.87. The van der Waals surface area contributed by atoms with Crippen LogP contribution in [0.1, 0.15) is 37.7 Å². The quantitative estimate of drug-likeness (QED) is 0.897. The van der Waals surface area contributed by atoms with Gasteiger partial charge in [-0.2, -0.15) is 0 Å². The maximum Gasteiger partial charge on any atom is 0.305 e. The highest BCUT2D eigenvalue weighted by molar-refractivity contribution is 5.81. The summed E-state index contributed by atoms with van der Waals surface area (Å²) in [6.45, 7) is 2.02. The molecule has 3 rings (SSSR count). The van der Waals surface area contributed by atoms with Gasteiger partial charge in [-0.15, -0.1) is 0 Å². The average molecular weight is 284 g/mol. The van der Waals surface area contributed by atoms with Crippen molar-refractivity contribution < 1.29 is 9.90 Å². The molecule has 0 atom stereocenters. The Morgan fingerprint density at radius 3 is 2.76 bits per heavy atom. The van der Waals surface area contributed by atoms with Gasteiger partial charge in [0.25, 0.3) is 0 Å². The van der Waals surface area contributed by atoms with E-state index >= 15 is 0 Å². The van der Waals surface area contributed by atoms with Gasteiger partial charge in [0.1, 0.15) is 5.82 Å². The molecule has 1 aliphatic rings. The van der Waals surface area contributed by atoms with Gasteiger partial charge in [-0.3, -0.25) is 4.79 Å². The smallest absolute Gasteiger partial charge is 0.305 e. The molecule has 0 saturated heterocycles. The minimum absolute atomic E-state index is 0.154. The molecule has 0 radical (unpaired) electrons. The number of para-hydroxylation sites is 1. The third-order valence-corrected chi connectivity index (χ3v) is 4.35. The maximum absolute atomic E-state index is 11.2. The normalized spacial score (nSPS) is 17.0. The molecule has 21 heavy (non-hydrogen) atoms. The van der Waals surface area contributed by atoms with Gasteiger partial charge in [-0.05, 0) is 37.5 Å². The Morgan fingerprint density at radius 2 is 2.05 bits per heavy atom. The summed E-state index contributed by atoms with van der Waals surface area (Å²) in [4.78, 5) is 15.9. The van der Waals surface area contributed by atoms with E-state index < -0.39 is 5.97 Å². The van der Waals surface area contributed by atoms with Crippen LogP contribution in [0.4, 0.5) is 5.82 Å². The highest BCUT2D eigenvalue weighted by Gasteiger charge is 2.36. The first kappa shape index (κ1) is 13.9. The van der Waals surface area contributed by atoms with Crippen LogP contribution in [-0.4, -0.2) is 21.6 Å². The molecule has 0 amide bonds. The van der Waals surface area contributed by atoms with Crippen molar-refractivity contribution in [2.45, 2.75) is 44.6 Å². The van der Waals surface area contributed by atoms with Crippen molar-refractivity contribution in [2.75, 3.05) is 5.32 Å². The standard InChI is InChI=1S/C17H20N2O2/c1-12-10-13-6-2-3-7-14(13)18-16(12)19-17(11-15(20)21)8-4-5-9-17/h2-3,6-7,10H,4-5,8-9,11H2,1H3,(H,18,19)(H,20,21). The van der Waals surface area contributed by atoms with E-state index in [0.29, 0.717) is 0 Å². The van der Waals surface area contributed by atoms with Gasteiger partial charge >= 0.3 is 5.97 Å². The van der Waals surface area contributed by atoms with Crippen molar-refractivity contribution in [3.8, 4) is 0 Å². The second kappa shape index (κ2) is 5.35. The fraction of sp³-hybridized carbons (Fsp3) is 0.412. The van der Waals surface area contributed by atoms with Crippen LogP contribution in [0, 0.1) is 6.92 Å². The second-order valence-corrected chi connectivity index (χ2v) is 6.03. The Balaban J connectivity index is 1.95. The zero-order valence-electron chi connectivity index (χ0n) is 12.2. The van der Waals surface area contributed by atoms with Crippen LogP contribution >= 0.6 is 0 Å². The van der Waals surface area contributed by atoms with E-state index in [-0.39, 0.29) is 12.0 Å². The molecular weight excluding hydrogens is 264 g/mol. The fourth-order valence-electron chi connectivity index (χ4n) is 3.29. The van der Waals surface area contributed by atoms with E-state index in [1.165, 1.54) is 0 Å². The number of aromatic nitrogens is 1. The van der Waals surface area contributed by atoms with Crippen LogP contribution in [0.25, 0.3) is 10.9 Å². The number of carboxylic acids is 1. The monoisotopic (exact) mass is 284 g/mol. The van der Waals surface area contributed by atoms with Crippen LogP contribution in [0.3, 0.4) is 0 Å². The van der Waals surface area contributed by atoms with Crippen LogP contribution in [0.5, 0.6) is 0 Å². The summed E-state index contributed by atoms with van der Waals surface area (Å²) in [5.74, 6) is 0.0692. The summed E-state index contributed by atoms with van der Waals surface area (Å²) < 4.78 is 0. The van der Waals surface area contributed by atoms with Gasteiger partial charge in [0, 0.05) is 10.9 Å². The number of hydrogen-bond acceptors (Lipinski definition) is 3. The largest absolute Gasteiger partial charge is 0.481 e. The molecule has 0 unspecified atom stereocenters. The Morgan fingerprint density at radius 1 is 1.33 bits per heavy atom. The lowest BCUT2D eigenvalue weighted by molar-refractivity contribution is -0.138. The van der Waals surface area contributed by atoms with Crippen LogP contribution < -0.4 is 5.32 Å². The molecule has 2 aromatic rings. The molecular formula is C17H20N2O2. The highest BCUT2D eigenvalue weighted by atomic mass is 16.4. The predicted octanol–water partition coefficient (Wildman–Crippen LogP) is 3.74. The minimum Gasteiger partial charge on any atom is -0.481 e. The van der Waals surface area contributed by atoms with Crippen LogP contribution in [-0.2, 0) is 4.79 Å². The Hall–Kier alpha value is -2.10. The van der Waals surface area contributed by atoms with Gasteiger partial charge in [0.15, 0.2) is 0 Å². The molecule has 2 N–H and O–H groups in total. The number of benzene rings is 1. The van der Waals surface area contributed by atoms with Crippen molar-refractivity contribution in [1.82, 2.24) is 4.98 Å². The molecule has 4 heteroatoms. The van der Waals surface area contributed by atoms with Crippen molar-refractivity contribution in [2.24, 2.45) is 0 Å². The number of aliphatic carboxylic acids is 1. The predicted molar refractivity (Wildman–Crippen MR) is 83.6 cm³/mol.